The van der Waals surface area contributed by atoms with E-state index >= 15 is 0 Å². The second-order valence-corrected chi connectivity index (χ2v) is 5.85. The van der Waals surface area contributed by atoms with Crippen molar-refractivity contribution >= 4 is 5.91 Å². The van der Waals surface area contributed by atoms with Gasteiger partial charge in [-0.05, 0) is 30.7 Å². The Bertz CT molecular complexity index is 456. The van der Waals surface area contributed by atoms with Crippen LogP contribution >= 0.6 is 0 Å². The summed E-state index contributed by atoms with van der Waals surface area (Å²) < 4.78 is 5.82. The normalized spacial score (nSPS) is 16.0. The molecule has 3 N–H and O–H groups in total. The van der Waals surface area contributed by atoms with E-state index in [-0.39, 0.29) is 11.8 Å². The minimum Gasteiger partial charge on any atom is -0.493 e. The molecule has 0 heterocycles. The molecule has 0 saturated heterocycles. The largest absolute Gasteiger partial charge is 0.493 e. The molecule has 0 aromatic heterocycles. The quantitative estimate of drug-likeness (QED) is 0.801. The molecule has 0 bridgehead atoms. The molecule has 20 heavy (non-hydrogen) atoms. The summed E-state index contributed by atoms with van der Waals surface area (Å²) in [6.45, 7) is 5.12. The van der Waals surface area contributed by atoms with Crippen LogP contribution in [-0.2, 0) is 11.3 Å². The summed E-state index contributed by atoms with van der Waals surface area (Å²) in [6.07, 6.45) is 2.53. The van der Waals surface area contributed by atoms with E-state index in [1.807, 2.05) is 38.1 Å². The predicted octanol–water partition coefficient (Wildman–Crippen LogP) is 2.07. The lowest BCUT2D eigenvalue weighted by molar-refractivity contribution is -0.123. The summed E-state index contributed by atoms with van der Waals surface area (Å²) in [6, 6.07) is 7.37. The average Bonchev–Trinajstić information content (AvgIpc) is 3.26. The van der Waals surface area contributed by atoms with Crippen LogP contribution in [0.25, 0.3) is 0 Å². The zero-order chi connectivity index (χ0) is 14.5. The molecule has 1 saturated carbocycles. The monoisotopic (exact) mass is 276 g/mol. The third-order valence-corrected chi connectivity index (χ3v) is 3.62. The third-order valence-electron chi connectivity index (χ3n) is 3.62. The molecule has 1 aliphatic rings. The van der Waals surface area contributed by atoms with Crippen LogP contribution in [-0.4, -0.2) is 18.6 Å². The summed E-state index contributed by atoms with van der Waals surface area (Å²) in [4.78, 5) is 11.9. The van der Waals surface area contributed by atoms with Gasteiger partial charge < -0.3 is 15.8 Å². The van der Waals surface area contributed by atoms with E-state index in [0.717, 1.165) is 17.9 Å². The van der Waals surface area contributed by atoms with Crippen molar-refractivity contribution in [2.75, 3.05) is 6.61 Å². The highest BCUT2D eigenvalue weighted by Crippen LogP contribution is 2.30. The molecule has 0 unspecified atom stereocenters. The van der Waals surface area contributed by atoms with Gasteiger partial charge in [0.1, 0.15) is 5.75 Å². The number of carbonyl (C=O) groups is 1. The topological polar surface area (TPSA) is 64.4 Å². The van der Waals surface area contributed by atoms with Crippen molar-refractivity contribution in [3.8, 4) is 5.75 Å². The lowest BCUT2D eigenvalue weighted by Crippen LogP contribution is -2.43. The fraction of sp³-hybridized carbons (Fsp3) is 0.562. The van der Waals surface area contributed by atoms with Gasteiger partial charge in [-0.1, -0.05) is 32.0 Å². The van der Waals surface area contributed by atoms with Gasteiger partial charge in [-0.15, -0.1) is 0 Å². The third kappa shape index (κ3) is 4.23. The smallest absolute Gasteiger partial charge is 0.237 e. The number of hydrogen-bond donors (Lipinski definition) is 2. The minimum absolute atomic E-state index is 0.114. The van der Waals surface area contributed by atoms with E-state index in [0.29, 0.717) is 12.5 Å². The van der Waals surface area contributed by atoms with Crippen molar-refractivity contribution in [2.45, 2.75) is 39.3 Å². The molecule has 4 heteroatoms. The van der Waals surface area contributed by atoms with Crippen molar-refractivity contribution in [3.05, 3.63) is 29.8 Å². The van der Waals surface area contributed by atoms with Gasteiger partial charge in [0, 0.05) is 12.1 Å². The second kappa shape index (κ2) is 6.75. The Hall–Kier alpha value is -1.55. The zero-order valence-electron chi connectivity index (χ0n) is 12.3. The first-order valence-corrected chi connectivity index (χ1v) is 7.32. The number of rotatable bonds is 7. The molecule has 0 aliphatic heterocycles. The molecule has 1 amide bonds. The molecule has 1 fully saturated rings. The number of nitrogens with one attached hydrogen (secondary N) is 1. The molecule has 2 rings (SSSR count). The number of carbonyl (C=O) groups excluding carboxylic acids is 1. The number of hydrogen-bond acceptors (Lipinski definition) is 3. The van der Waals surface area contributed by atoms with Crippen LogP contribution in [0.15, 0.2) is 24.3 Å². The first-order chi connectivity index (χ1) is 9.58. The van der Waals surface area contributed by atoms with Crippen molar-refractivity contribution < 1.29 is 9.53 Å². The first kappa shape index (κ1) is 14.9. The lowest BCUT2D eigenvalue weighted by Gasteiger charge is -2.16. The molecule has 0 spiro atoms. The summed E-state index contributed by atoms with van der Waals surface area (Å²) >= 11 is 0. The molecule has 1 atom stereocenters. The second-order valence-electron chi connectivity index (χ2n) is 5.85. The van der Waals surface area contributed by atoms with Gasteiger partial charge >= 0.3 is 0 Å². The van der Waals surface area contributed by atoms with E-state index in [4.69, 9.17) is 10.5 Å². The highest BCUT2D eigenvalue weighted by atomic mass is 16.5. The van der Waals surface area contributed by atoms with Gasteiger partial charge in [0.25, 0.3) is 0 Å². The molecule has 4 nitrogen and oxygen atoms in total. The van der Waals surface area contributed by atoms with E-state index in [9.17, 15) is 4.79 Å². The average molecular weight is 276 g/mol. The van der Waals surface area contributed by atoms with E-state index in [1.54, 1.807) is 0 Å². The van der Waals surface area contributed by atoms with Crippen LogP contribution in [0.4, 0.5) is 0 Å². The highest BCUT2D eigenvalue weighted by Gasteiger charge is 2.22. The highest BCUT2D eigenvalue weighted by molar-refractivity contribution is 5.81. The number of ether oxygens (including phenoxy) is 1. The van der Waals surface area contributed by atoms with Crippen LogP contribution in [0.5, 0.6) is 5.75 Å². The van der Waals surface area contributed by atoms with Crippen LogP contribution in [0.2, 0.25) is 0 Å². The van der Waals surface area contributed by atoms with Gasteiger partial charge in [-0.3, -0.25) is 4.79 Å². The van der Waals surface area contributed by atoms with E-state index in [1.165, 1.54) is 12.8 Å². The Morgan fingerprint density at radius 3 is 2.75 bits per heavy atom. The number of amides is 1. The minimum atomic E-state index is -0.463. The van der Waals surface area contributed by atoms with Crippen molar-refractivity contribution in [1.82, 2.24) is 5.32 Å². The molecule has 1 aromatic carbocycles. The molecule has 1 aliphatic carbocycles. The zero-order valence-corrected chi connectivity index (χ0v) is 12.3. The maximum Gasteiger partial charge on any atom is 0.237 e. The maximum atomic E-state index is 11.9. The Labute approximate surface area is 120 Å². The van der Waals surface area contributed by atoms with Gasteiger partial charge in [0.15, 0.2) is 0 Å². The van der Waals surface area contributed by atoms with Crippen LogP contribution in [0.3, 0.4) is 0 Å². The standard InChI is InChI=1S/C16H24N2O2/c1-11(2)15(17)16(19)18-9-13-5-3-4-6-14(13)20-10-12-7-8-12/h3-6,11-12,15H,7-10,17H2,1-2H3,(H,18,19)/t15-/m0/s1. The fourth-order valence-corrected chi connectivity index (χ4v) is 1.89. The van der Waals surface area contributed by atoms with Gasteiger partial charge in [-0.2, -0.15) is 0 Å². The van der Waals surface area contributed by atoms with Crippen molar-refractivity contribution in [2.24, 2.45) is 17.6 Å². The lowest BCUT2D eigenvalue weighted by atomic mass is 10.0. The van der Waals surface area contributed by atoms with E-state index < -0.39 is 6.04 Å². The Morgan fingerprint density at radius 2 is 2.10 bits per heavy atom. The van der Waals surface area contributed by atoms with Gasteiger partial charge in [-0.25, -0.2) is 0 Å². The van der Waals surface area contributed by atoms with E-state index in [2.05, 4.69) is 5.32 Å². The molecule has 110 valence electrons. The molecular formula is C16H24N2O2. The van der Waals surface area contributed by atoms with Gasteiger partial charge in [0.05, 0.1) is 12.6 Å². The summed E-state index contributed by atoms with van der Waals surface area (Å²) in [5, 5.41) is 2.88. The summed E-state index contributed by atoms with van der Waals surface area (Å²) in [5.41, 5.74) is 6.82. The van der Waals surface area contributed by atoms with Crippen LogP contribution in [0.1, 0.15) is 32.3 Å². The molecule has 1 aromatic rings. The maximum absolute atomic E-state index is 11.9. The Balaban J connectivity index is 1.89. The van der Waals surface area contributed by atoms with Crippen LogP contribution < -0.4 is 15.8 Å². The number of para-hydroxylation sites is 1. The Kier molecular flexibility index (Phi) is 5.01. The fourth-order valence-electron chi connectivity index (χ4n) is 1.89. The van der Waals surface area contributed by atoms with Crippen LogP contribution in [0, 0.1) is 11.8 Å². The SMILES string of the molecule is CC(C)[C@H](N)C(=O)NCc1ccccc1OCC1CC1. The number of benzene rings is 1. The van der Waals surface area contributed by atoms with Gasteiger partial charge in [0.2, 0.25) is 5.91 Å². The number of nitrogens with two attached hydrogens (primary N) is 1. The predicted molar refractivity (Wildman–Crippen MR) is 79.3 cm³/mol. The molecule has 0 radical (unpaired) electrons. The van der Waals surface area contributed by atoms with Crippen molar-refractivity contribution in [1.29, 1.82) is 0 Å². The first-order valence-electron chi connectivity index (χ1n) is 7.32. The Morgan fingerprint density at radius 1 is 1.40 bits per heavy atom. The summed E-state index contributed by atoms with van der Waals surface area (Å²) in [7, 11) is 0. The van der Waals surface area contributed by atoms with Crippen molar-refractivity contribution in [3.63, 3.8) is 0 Å². The molecular weight excluding hydrogens is 252 g/mol. The summed E-state index contributed by atoms with van der Waals surface area (Å²) in [5.74, 6) is 1.60.